The molecular weight excluding hydrogens is 258 g/mol. The van der Waals surface area contributed by atoms with Gasteiger partial charge in [0, 0.05) is 11.0 Å². The van der Waals surface area contributed by atoms with Crippen molar-refractivity contribution >= 4 is 29.2 Å². The minimum atomic E-state index is -0.398. The molecule has 0 radical (unpaired) electrons. The Hall–Kier alpha value is -2.20. The van der Waals surface area contributed by atoms with Crippen LogP contribution in [0.4, 0.5) is 0 Å². The Morgan fingerprint density at radius 1 is 1.11 bits per heavy atom. The number of carbonyl (C=O) groups is 2. The molecule has 0 unspecified atom stereocenters. The highest BCUT2D eigenvalue weighted by Gasteiger charge is 2.06. The molecule has 0 atom stereocenters. The topological polar surface area (TPSA) is 46.2 Å². The van der Waals surface area contributed by atoms with E-state index in [9.17, 15) is 9.59 Å². The Balaban J connectivity index is 1.84. The Morgan fingerprint density at radius 3 is 2.58 bits per heavy atom. The number of hydrogen-bond donors (Lipinski definition) is 1. The van der Waals surface area contributed by atoms with Crippen molar-refractivity contribution in [3.8, 4) is 0 Å². The summed E-state index contributed by atoms with van der Waals surface area (Å²) in [5.74, 6) is -0.685. The summed E-state index contributed by atoms with van der Waals surface area (Å²) in [6.45, 7) is 0. The lowest BCUT2D eigenvalue weighted by Crippen LogP contribution is -2.29. The van der Waals surface area contributed by atoms with Gasteiger partial charge in [-0.25, -0.2) is 0 Å². The van der Waals surface area contributed by atoms with E-state index in [2.05, 4.69) is 5.32 Å². The fourth-order valence-electron chi connectivity index (χ4n) is 1.53. The van der Waals surface area contributed by atoms with Gasteiger partial charge in [0.15, 0.2) is 0 Å². The van der Waals surface area contributed by atoms with Crippen LogP contribution in [0.1, 0.15) is 10.4 Å². The third kappa shape index (κ3) is 4.52. The van der Waals surface area contributed by atoms with E-state index in [-0.39, 0.29) is 12.3 Å². The molecule has 0 saturated carbocycles. The van der Waals surface area contributed by atoms with Crippen LogP contribution in [-0.2, 0) is 16.0 Å². The van der Waals surface area contributed by atoms with E-state index in [0.29, 0.717) is 0 Å². The molecule has 2 rings (SSSR count). The molecule has 0 aliphatic rings. The van der Waals surface area contributed by atoms with E-state index >= 15 is 0 Å². The van der Waals surface area contributed by atoms with Gasteiger partial charge in [-0.3, -0.25) is 14.9 Å². The largest absolute Gasteiger partial charge is 0.293 e. The number of benzene rings is 1. The summed E-state index contributed by atoms with van der Waals surface area (Å²) in [6, 6.07) is 13.2. The number of amides is 2. The number of nitrogens with one attached hydrogen (secondary N) is 1. The first-order valence-electron chi connectivity index (χ1n) is 5.83. The second kappa shape index (κ2) is 6.66. The van der Waals surface area contributed by atoms with Gasteiger partial charge in [0.25, 0.3) is 5.91 Å². The first-order valence-corrected chi connectivity index (χ1v) is 6.71. The average molecular weight is 271 g/mol. The van der Waals surface area contributed by atoms with E-state index in [1.807, 2.05) is 47.8 Å². The first kappa shape index (κ1) is 13.2. The zero-order valence-electron chi connectivity index (χ0n) is 10.2. The summed E-state index contributed by atoms with van der Waals surface area (Å²) in [4.78, 5) is 24.1. The lowest BCUT2D eigenvalue weighted by molar-refractivity contribution is -0.127. The Labute approximate surface area is 115 Å². The van der Waals surface area contributed by atoms with Gasteiger partial charge in [-0.1, -0.05) is 36.4 Å². The Bertz CT molecular complexity index is 573. The van der Waals surface area contributed by atoms with Crippen LogP contribution in [0.15, 0.2) is 53.9 Å². The molecule has 0 aliphatic carbocycles. The van der Waals surface area contributed by atoms with E-state index < -0.39 is 5.91 Å². The van der Waals surface area contributed by atoms with Crippen molar-refractivity contribution in [2.75, 3.05) is 0 Å². The molecule has 96 valence electrons. The lowest BCUT2D eigenvalue weighted by atomic mass is 10.2. The minimum Gasteiger partial charge on any atom is -0.293 e. The van der Waals surface area contributed by atoms with Crippen molar-refractivity contribution in [3.63, 3.8) is 0 Å². The third-order valence-corrected chi connectivity index (χ3v) is 3.28. The van der Waals surface area contributed by atoms with Crippen LogP contribution >= 0.6 is 11.3 Å². The van der Waals surface area contributed by atoms with Gasteiger partial charge in [-0.2, -0.15) is 0 Å². The van der Waals surface area contributed by atoms with Crippen LogP contribution in [0.2, 0.25) is 0 Å². The highest BCUT2D eigenvalue weighted by molar-refractivity contribution is 7.10. The summed E-state index contributed by atoms with van der Waals surface area (Å²) < 4.78 is 0. The van der Waals surface area contributed by atoms with Crippen molar-refractivity contribution in [1.29, 1.82) is 0 Å². The lowest BCUT2D eigenvalue weighted by Gasteiger charge is -1.99. The van der Waals surface area contributed by atoms with Crippen molar-refractivity contribution in [2.24, 2.45) is 0 Å². The van der Waals surface area contributed by atoms with Crippen molar-refractivity contribution in [1.82, 2.24) is 5.32 Å². The van der Waals surface area contributed by atoms with Gasteiger partial charge in [0.2, 0.25) is 5.91 Å². The highest BCUT2D eigenvalue weighted by atomic mass is 32.1. The third-order valence-electron chi connectivity index (χ3n) is 2.40. The van der Waals surface area contributed by atoms with Crippen LogP contribution in [0.5, 0.6) is 0 Å². The Kier molecular flexibility index (Phi) is 4.64. The highest BCUT2D eigenvalue weighted by Crippen LogP contribution is 2.08. The summed E-state index contributed by atoms with van der Waals surface area (Å²) in [6.07, 6.45) is 3.28. The molecule has 1 aromatic carbocycles. The molecule has 1 N–H and O–H groups in total. The molecule has 0 fully saturated rings. The van der Waals surface area contributed by atoms with Crippen LogP contribution in [-0.4, -0.2) is 11.8 Å². The smallest absolute Gasteiger partial charge is 0.250 e. The van der Waals surface area contributed by atoms with Crippen LogP contribution in [0.25, 0.3) is 6.08 Å². The van der Waals surface area contributed by atoms with E-state index in [0.717, 1.165) is 10.4 Å². The quantitative estimate of drug-likeness (QED) is 0.869. The van der Waals surface area contributed by atoms with Crippen molar-refractivity contribution in [2.45, 2.75) is 6.42 Å². The van der Waals surface area contributed by atoms with E-state index in [4.69, 9.17) is 0 Å². The SMILES string of the molecule is O=C(/C=C/c1ccccc1)NC(=O)Cc1cccs1. The standard InChI is InChI=1S/C15H13NO2S/c17-14(9-8-12-5-2-1-3-6-12)16-15(18)11-13-7-4-10-19-13/h1-10H,11H2,(H,16,17,18)/b9-8+. The van der Waals surface area contributed by atoms with Gasteiger partial charge in [-0.15, -0.1) is 11.3 Å². The second-order valence-electron chi connectivity index (χ2n) is 3.91. The predicted octanol–water partition coefficient (Wildman–Crippen LogP) is 2.65. The molecule has 2 aromatic rings. The summed E-state index contributed by atoms with van der Waals surface area (Å²) >= 11 is 1.50. The molecule has 19 heavy (non-hydrogen) atoms. The summed E-state index contributed by atoms with van der Waals surface area (Å²) in [7, 11) is 0. The van der Waals surface area contributed by atoms with Gasteiger partial charge in [0.05, 0.1) is 6.42 Å². The van der Waals surface area contributed by atoms with Crippen LogP contribution in [0, 0.1) is 0 Å². The molecule has 0 aliphatic heterocycles. The molecular formula is C15H13NO2S. The number of imide groups is 1. The maximum atomic E-state index is 11.6. The average Bonchev–Trinajstić information content (AvgIpc) is 2.90. The maximum absolute atomic E-state index is 11.6. The number of hydrogen-bond acceptors (Lipinski definition) is 3. The number of rotatable bonds is 4. The predicted molar refractivity (Wildman–Crippen MR) is 76.6 cm³/mol. The number of carbonyl (C=O) groups excluding carboxylic acids is 2. The minimum absolute atomic E-state index is 0.239. The van der Waals surface area contributed by atoms with Gasteiger partial charge >= 0.3 is 0 Å². The molecule has 2 amide bonds. The fraction of sp³-hybridized carbons (Fsp3) is 0.0667. The molecule has 1 aromatic heterocycles. The van der Waals surface area contributed by atoms with Crippen LogP contribution in [0.3, 0.4) is 0 Å². The Morgan fingerprint density at radius 2 is 1.89 bits per heavy atom. The molecule has 1 heterocycles. The van der Waals surface area contributed by atoms with Crippen molar-refractivity contribution < 1.29 is 9.59 Å². The van der Waals surface area contributed by atoms with E-state index in [1.54, 1.807) is 6.08 Å². The molecule has 0 spiro atoms. The number of thiophene rings is 1. The zero-order chi connectivity index (χ0) is 13.5. The monoisotopic (exact) mass is 271 g/mol. The van der Waals surface area contributed by atoms with Crippen molar-refractivity contribution in [3.05, 3.63) is 64.4 Å². The molecule has 4 heteroatoms. The normalized spacial score (nSPS) is 10.5. The fourth-order valence-corrected chi connectivity index (χ4v) is 2.23. The summed E-state index contributed by atoms with van der Waals surface area (Å²) in [5.41, 5.74) is 0.920. The molecule has 3 nitrogen and oxygen atoms in total. The van der Waals surface area contributed by atoms with Gasteiger partial charge in [-0.05, 0) is 23.1 Å². The first-order chi connectivity index (χ1) is 9.24. The maximum Gasteiger partial charge on any atom is 0.250 e. The van der Waals surface area contributed by atoms with E-state index in [1.165, 1.54) is 17.4 Å². The summed E-state index contributed by atoms with van der Waals surface area (Å²) in [5, 5.41) is 4.23. The zero-order valence-corrected chi connectivity index (χ0v) is 11.0. The molecule has 0 saturated heterocycles. The molecule has 0 bridgehead atoms. The van der Waals surface area contributed by atoms with Gasteiger partial charge in [0.1, 0.15) is 0 Å². The van der Waals surface area contributed by atoms with Crippen LogP contribution < -0.4 is 5.32 Å². The second-order valence-corrected chi connectivity index (χ2v) is 4.94. The van der Waals surface area contributed by atoms with Gasteiger partial charge < -0.3 is 0 Å².